The molecule has 0 N–H and O–H groups in total. The molecule has 132 valence electrons. The van der Waals surface area contributed by atoms with Gasteiger partial charge in [0, 0.05) is 17.0 Å². The van der Waals surface area contributed by atoms with Crippen LogP contribution in [0.3, 0.4) is 0 Å². The minimum absolute atomic E-state index is 0.00607. The van der Waals surface area contributed by atoms with E-state index in [4.69, 9.17) is 9.47 Å². The summed E-state index contributed by atoms with van der Waals surface area (Å²) < 4.78 is 11.6. The number of hydrogen-bond donors (Lipinski definition) is 0. The molecular formula is C22H19BrO3. The van der Waals surface area contributed by atoms with E-state index in [2.05, 4.69) is 15.9 Å². The molecule has 0 aliphatic carbocycles. The van der Waals surface area contributed by atoms with Gasteiger partial charge in [-0.05, 0) is 23.3 Å². The van der Waals surface area contributed by atoms with Crippen molar-refractivity contribution in [2.24, 2.45) is 0 Å². The number of hydrogen-bond acceptors (Lipinski definition) is 3. The molecule has 0 saturated carbocycles. The molecule has 0 fully saturated rings. The summed E-state index contributed by atoms with van der Waals surface area (Å²) in [7, 11) is 0. The van der Waals surface area contributed by atoms with Crippen LogP contribution in [-0.2, 0) is 11.9 Å². The molecule has 0 aromatic heterocycles. The zero-order chi connectivity index (χ0) is 18.2. The van der Waals surface area contributed by atoms with Crippen LogP contribution in [0.25, 0.3) is 0 Å². The topological polar surface area (TPSA) is 35.5 Å². The maximum absolute atomic E-state index is 12.2. The lowest BCUT2D eigenvalue weighted by Gasteiger charge is -2.11. The number of Topliss-reactive ketones (excluding diaryl/α,β-unsaturated/α-hetero) is 1. The van der Waals surface area contributed by atoms with E-state index in [0.29, 0.717) is 29.0 Å². The van der Waals surface area contributed by atoms with Gasteiger partial charge in [0.2, 0.25) is 0 Å². The fourth-order valence-corrected chi connectivity index (χ4v) is 2.80. The molecule has 0 aliphatic rings. The molecule has 0 amide bonds. The summed E-state index contributed by atoms with van der Waals surface area (Å²) in [6, 6.07) is 24.8. The lowest BCUT2D eigenvalue weighted by Crippen LogP contribution is -2.11. The van der Waals surface area contributed by atoms with Gasteiger partial charge >= 0.3 is 0 Å². The van der Waals surface area contributed by atoms with Gasteiger partial charge in [-0.15, -0.1) is 0 Å². The third-order valence-corrected chi connectivity index (χ3v) is 4.46. The Hall–Kier alpha value is -2.59. The van der Waals surface area contributed by atoms with Gasteiger partial charge in [-0.25, -0.2) is 0 Å². The first-order valence-corrected chi connectivity index (χ1v) is 9.44. The Labute approximate surface area is 161 Å². The summed E-state index contributed by atoms with van der Waals surface area (Å²) in [4.78, 5) is 12.2. The predicted molar refractivity (Wildman–Crippen MR) is 106 cm³/mol. The molecule has 4 heteroatoms. The van der Waals surface area contributed by atoms with E-state index >= 15 is 0 Å². The molecule has 0 aliphatic heterocycles. The van der Waals surface area contributed by atoms with Crippen molar-refractivity contribution in [3.05, 3.63) is 95.6 Å². The number of ketones is 1. The molecule has 26 heavy (non-hydrogen) atoms. The fraction of sp³-hybridized carbons (Fsp3) is 0.136. The molecule has 0 saturated heterocycles. The summed E-state index contributed by atoms with van der Waals surface area (Å²) in [5.41, 5.74) is 2.76. The maximum atomic E-state index is 12.2. The van der Waals surface area contributed by atoms with Crippen LogP contribution >= 0.6 is 15.9 Å². The molecule has 0 unspecified atom stereocenters. The average molecular weight is 411 g/mol. The van der Waals surface area contributed by atoms with Crippen LogP contribution in [0.15, 0.2) is 78.9 Å². The van der Waals surface area contributed by atoms with Gasteiger partial charge in [-0.1, -0.05) is 76.6 Å². The van der Waals surface area contributed by atoms with Crippen LogP contribution in [0, 0.1) is 0 Å². The minimum atomic E-state index is -0.0541. The molecule has 0 radical (unpaired) electrons. The summed E-state index contributed by atoms with van der Waals surface area (Å²) in [5.74, 6) is 1.28. The van der Waals surface area contributed by atoms with Crippen molar-refractivity contribution >= 4 is 21.7 Å². The summed E-state index contributed by atoms with van der Waals surface area (Å²) in [5, 5.41) is 0.679. The van der Waals surface area contributed by atoms with Gasteiger partial charge in [-0.2, -0.15) is 0 Å². The number of rotatable bonds is 8. The van der Waals surface area contributed by atoms with E-state index < -0.39 is 0 Å². The van der Waals surface area contributed by atoms with Crippen LogP contribution in [0.2, 0.25) is 0 Å². The first kappa shape index (κ1) is 18.2. The highest BCUT2D eigenvalue weighted by atomic mass is 79.9. The van der Waals surface area contributed by atoms with E-state index in [9.17, 15) is 4.79 Å². The summed E-state index contributed by atoms with van der Waals surface area (Å²) >= 11 is 3.46. The van der Waals surface area contributed by atoms with Crippen molar-refractivity contribution in [3.8, 4) is 11.5 Å². The quantitative estimate of drug-likeness (QED) is 0.367. The number of carbonyl (C=O) groups is 1. The first-order valence-electron chi connectivity index (χ1n) is 8.32. The van der Waals surface area contributed by atoms with Gasteiger partial charge < -0.3 is 9.47 Å². The Morgan fingerprint density at radius 2 is 1.38 bits per heavy atom. The summed E-state index contributed by atoms with van der Waals surface area (Å²) in [6.07, 6.45) is 0. The van der Waals surface area contributed by atoms with E-state index in [1.165, 1.54) is 0 Å². The summed E-state index contributed by atoms with van der Waals surface area (Å²) in [6.45, 7) is 0.475. The lowest BCUT2D eigenvalue weighted by atomic mass is 10.1. The van der Waals surface area contributed by atoms with Crippen LogP contribution in [-0.4, -0.2) is 12.4 Å². The second-order valence-corrected chi connectivity index (χ2v) is 6.36. The Balaban J connectivity index is 1.66. The van der Waals surface area contributed by atoms with E-state index in [1.807, 2.05) is 66.7 Å². The monoisotopic (exact) mass is 410 g/mol. The third-order valence-electron chi connectivity index (χ3n) is 3.81. The van der Waals surface area contributed by atoms with Crippen molar-refractivity contribution in [2.75, 3.05) is 6.61 Å². The van der Waals surface area contributed by atoms with Crippen molar-refractivity contribution in [1.82, 2.24) is 0 Å². The highest BCUT2D eigenvalue weighted by Gasteiger charge is 2.08. The first-order chi connectivity index (χ1) is 12.7. The SMILES string of the molecule is O=C(COc1cc(CBr)cc(OCc2ccccc2)c1)c1ccccc1. The molecule has 3 rings (SSSR count). The molecule has 0 bridgehead atoms. The normalized spacial score (nSPS) is 10.3. The maximum Gasteiger partial charge on any atom is 0.200 e. The van der Waals surface area contributed by atoms with Gasteiger partial charge in [0.15, 0.2) is 12.4 Å². The van der Waals surface area contributed by atoms with Gasteiger partial charge in [0.1, 0.15) is 18.1 Å². The second kappa shape index (κ2) is 9.20. The van der Waals surface area contributed by atoms with Gasteiger partial charge in [0.05, 0.1) is 0 Å². The third kappa shape index (κ3) is 5.20. The zero-order valence-corrected chi connectivity index (χ0v) is 15.8. The Morgan fingerprint density at radius 1 is 0.769 bits per heavy atom. The Bertz CT molecular complexity index is 848. The van der Waals surface area contributed by atoms with Gasteiger partial charge in [-0.3, -0.25) is 4.79 Å². The Kier molecular flexibility index (Phi) is 6.45. The minimum Gasteiger partial charge on any atom is -0.489 e. The molecule has 0 atom stereocenters. The van der Waals surface area contributed by atoms with Gasteiger partial charge in [0.25, 0.3) is 0 Å². The number of carbonyl (C=O) groups excluding carboxylic acids is 1. The molecule has 3 nitrogen and oxygen atoms in total. The molecular weight excluding hydrogens is 392 g/mol. The molecule has 3 aromatic rings. The molecule has 3 aromatic carbocycles. The van der Waals surface area contributed by atoms with Crippen LogP contribution in [0.5, 0.6) is 11.5 Å². The molecule has 0 spiro atoms. The number of benzene rings is 3. The van der Waals surface area contributed by atoms with E-state index in [1.54, 1.807) is 12.1 Å². The standard InChI is InChI=1S/C22H19BrO3/c23-14-18-11-20(25-15-17-7-3-1-4-8-17)13-21(12-18)26-16-22(24)19-9-5-2-6-10-19/h1-13H,14-16H2. The van der Waals surface area contributed by atoms with E-state index in [-0.39, 0.29) is 12.4 Å². The van der Waals surface area contributed by atoms with Crippen molar-refractivity contribution in [1.29, 1.82) is 0 Å². The highest BCUT2D eigenvalue weighted by molar-refractivity contribution is 9.08. The molecule has 0 heterocycles. The number of ether oxygens (including phenoxy) is 2. The van der Waals surface area contributed by atoms with Crippen LogP contribution in [0.1, 0.15) is 21.5 Å². The second-order valence-electron chi connectivity index (χ2n) is 5.80. The van der Waals surface area contributed by atoms with Crippen LogP contribution in [0.4, 0.5) is 0 Å². The largest absolute Gasteiger partial charge is 0.489 e. The van der Waals surface area contributed by atoms with Crippen molar-refractivity contribution < 1.29 is 14.3 Å². The van der Waals surface area contributed by atoms with Crippen molar-refractivity contribution in [2.45, 2.75) is 11.9 Å². The number of alkyl halides is 1. The van der Waals surface area contributed by atoms with Crippen LogP contribution < -0.4 is 9.47 Å². The predicted octanol–water partition coefficient (Wildman–Crippen LogP) is 5.42. The van der Waals surface area contributed by atoms with E-state index in [0.717, 1.165) is 11.1 Å². The zero-order valence-electron chi connectivity index (χ0n) is 14.2. The fourth-order valence-electron chi connectivity index (χ4n) is 2.47. The average Bonchev–Trinajstić information content (AvgIpc) is 2.71. The smallest absolute Gasteiger partial charge is 0.200 e. The van der Waals surface area contributed by atoms with Crippen molar-refractivity contribution in [3.63, 3.8) is 0 Å². The highest BCUT2D eigenvalue weighted by Crippen LogP contribution is 2.25. The lowest BCUT2D eigenvalue weighted by molar-refractivity contribution is 0.0921. The number of halogens is 1. The Morgan fingerprint density at radius 3 is 2.04 bits per heavy atom.